The zero-order valence-corrected chi connectivity index (χ0v) is 16.9. The molecule has 0 bridgehead atoms. The molecule has 1 saturated heterocycles. The van der Waals surface area contributed by atoms with Crippen molar-refractivity contribution in [3.63, 3.8) is 0 Å². The number of hydrogen-bond donors (Lipinski definition) is 2. The van der Waals surface area contributed by atoms with E-state index < -0.39 is 0 Å². The van der Waals surface area contributed by atoms with Gasteiger partial charge in [0.15, 0.2) is 5.96 Å². The van der Waals surface area contributed by atoms with Crippen LogP contribution in [0.2, 0.25) is 0 Å². The van der Waals surface area contributed by atoms with Gasteiger partial charge in [-0.25, -0.2) is 0 Å². The second kappa shape index (κ2) is 12.2. The number of carbonyl (C=O) groups is 1. The highest BCUT2D eigenvalue weighted by Crippen LogP contribution is 2.13. The van der Waals surface area contributed by atoms with Crippen molar-refractivity contribution in [1.29, 1.82) is 0 Å². The van der Waals surface area contributed by atoms with Gasteiger partial charge < -0.3 is 20.4 Å². The summed E-state index contributed by atoms with van der Waals surface area (Å²) in [5.41, 5.74) is 1.26. The second-order valence-corrected chi connectivity index (χ2v) is 6.79. The maximum atomic E-state index is 12.1. The van der Waals surface area contributed by atoms with Crippen molar-refractivity contribution in [3.05, 3.63) is 30.3 Å². The normalized spacial score (nSPS) is 14.3. The Hall–Kier alpha value is -2.24. The molecular weight excluding hydrogens is 338 g/mol. The highest BCUT2D eigenvalue weighted by atomic mass is 16.2. The molecule has 1 aliphatic heterocycles. The van der Waals surface area contributed by atoms with Gasteiger partial charge in [0.2, 0.25) is 5.91 Å². The van der Waals surface area contributed by atoms with Crippen molar-refractivity contribution in [2.45, 2.75) is 39.5 Å². The first kappa shape index (κ1) is 21.1. The van der Waals surface area contributed by atoms with Gasteiger partial charge in [0, 0.05) is 57.9 Å². The molecule has 6 heteroatoms. The Balaban J connectivity index is 1.71. The Morgan fingerprint density at radius 1 is 1.15 bits per heavy atom. The molecule has 0 atom stereocenters. The molecule has 1 amide bonds. The van der Waals surface area contributed by atoms with Crippen LogP contribution in [0.1, 0.15) is 39.5 Å². The minimum atomic E-state index is 0.247. The zero-order chi connectivity index (χ0) is 19.3. The summed E-state index contributed by atoms with van der Waals surface area (Å²) in [6, 6.07) is 10.5. The predicted molar refractivity (Wildman–Crippen MR) is 113 cm³/mol. The number of hydrogen-bond acceptors (Lipinski definition) is 3. The smallest absolute Gasteiger partial charge is 0.224 e. The maximum absolute atomic E-state index is 12.1. The predicted octanol–water partition coefficient (Wildman–Crippen LogP) is 2.47. The van der Waals surface area contributed by atoms with E-state index in [1.165, 1.54) is 5.69 Å². The fourth-order valence-electron chi connectivity index (χ4n) is 3.32. The first-order valence-corrected chi connectivity index (χ1v) is 10.3. The van der Waals surface area contributed by atoms with Gasteiger partial charge in [-0.3, -0.25) is 9.79 Å². The number of benzene rings is 1. The molecule has 27 heavy (non-hydrogen) atoms. The quantitative estimate of drug-likeness (QED) is 0.376. The second-order valence-electron chi connectivity index (χ2n) is 6.79. The molecule has 2 rings (SSSR count). The molecule has 0 unspecified atom stereocenters. The Morgan fingerprint density at radius 2 is 1.89 bits per heavy atom. The van der Waals surface area contributed by atoms with Gasteiger partial charge in [-0.05, 0) is 45.2 Å². The van der Waals surface area contributed by atoms with Crippen molar-refractivity contribution in [1.82, 2.24) is 15.5 Å². The minimum Gasteiger partial charge on any atom is -0.372 e. The maximum Gasteiger partial charge on any atom is 0.224 e. The first-order valence-electron chi connectivity index (χ1n) is 10.3. The van der Waals surface area contributed by atoms with E-state index in [2.05, 4.69) is 58.6 Å². The highest BCUT2D eigenvalue weighted by Gasteiger charge is 2.17. The topological polar surface area (TPSA) is 60.0 Å². The monoisotopic (exact) mass is 373 g/mol. The van der Waals surface area contributed by atoms with E-state index in [4.69, 9.17) is 0 Å². The van der Waals surface area contributed by atoms with Gasteiger partial charge in [0.25, 0.3) is 0 Å². The van der Waals surface area contributed by atoms with Crippen LogP contribution in [0.25, 0.3) is 0 Å². The van der Waals surface area contributed by atoms with Crippen LogP contribution in [-0.4, -0.2) is 62.6 Å². The number of carbonyl (C=O) groups excluding carboxylic acids is 1. The van der Waals surface area contributed by atoms with Crippen LogP contribution >= 0.6 is 0 Å². The molecule has 1 fully saturated rings. The lowest BCUT2D eigenvalue weighted by molar-refractivity contribution is -0.129. The van der Waals surface area contributed by atoms with Crippen molar-refractivity contribution in [2.75, 3.05) is 50.7 Å². The van der Waals surface area contributed by atoms with Crippen LogP contribution in [0.3, 0.4) is 0 Å². The molecule has 150 valence electrons. The summed E-state index contributed by atoms with van der Waals surface area (Å²) < 4.78 is 0. The highest BCUT2D eigenvalue weighted by molar-refractivity contribution is 5.81. The number of anilines is 1. The lowest BCUT2D eigenvalue weighted by Gasteiger charge is -2.22. The molecule has 1 aliphatic rings. The molecule has 0 spiro atoms. The molecule has 0 aliphatic carbocycles. The van der Waals surface area contributed by atoms with Crippen molar-refractivity contribution in [2.24, 2.45) is 4.99 Å². The minimum absolute atomic E-state index is 0.247. The number of nitrogens with one attached hydrogen (secondary N) is 2. The Labute approximate surface area is 164 Å². The van der Waals surface area contributed by atoms with Crippen LogP contribution in [0.4, 0.5) is 5.69 Å². The summed E-state index contributed by atoms with van der Waals surface area (Å²) in [7, 11) is 0. The molecule has 2 N–H and O–H groups in total. The summed E-state index contributed by atoms with van der Waals surface area (Å²) in [5, 5.41) is 6.55. The zero-order valence-electron chi connectivity index (χ0n) is 16.9. The fraction of sp³-hybridized carbons (Fsp3) is 0.619. The molecule has 0 radical (unpaired) electrons. The Bertz CT molecular complexity index is 569. The van der Waals surface area contributed by atoms with Crippen LogP contribution < -0.4 is 15.5 Å². The molecule has 0 aromatic heterocycles. The molecular formula is C21H35N5O. The van der Waals surface area contributed by atoms with Gasteiger partial charge in [-0.2, -0.15) is 0 Å². The third-order valence-corrected chi connectivity index (χ3v) is 4.79. The van der Waals surface area contributed by atoms with E-state index in [0.29, 0.717) is 13.0 Å². The number of guanidine groups is 1. The van der Waals surface area contributed by atoms with Gasteiger partial charge >= 0.3 is 0 Å². The molecule has 1 heterocycles. The van der Waals surface area contributed by atoms with Gasteiger partial charge in [0.1, 0.15) is 0 Å². The van der Waals surface area contributed by atoms with Crippen LogP contribution in [0.15, 0.2) is 35.3 Å². The Kier molecular flexibility index (Phi) is 9.52. The summed E-state index contributed by atoms with van der Waals surface area (Å²) >= 11 is 0. The number of amides is 1. The lowest BCUT2D eigenvalue weighted by atomic mass is 10.2. The van der Waals surface area contributed by atoms with Gasteiger partial charge in [0.05, 0.1) is 0 Å². The average Bonchev–Trinajstić information content (AvgIpc) is 3.23. The van der Waals surface area contributed by atoms with Crippen molar-refractivity contribution >= 4 is 17.6 Å². The number of para-hydroxylation sites is 1. The molecule has 6 nitrogen and oxygen atoms in total. The summed E-state index contributed by atoms with van der Waals surface area (Å²) in [5.74, 6) is 1.05. The first-order chi connectivity index (χ1) is 13.2. The van der Waals surface area contributed by atoms with E-state index in [1.807, 2.05) is 11.0 Å². The van der Waals surface area contributed by atoms with Crippen LogP contribution in [0, 0.1) is 0 Å². The van der Waals surface area contributed by atoms with Gasteiger partial charge in [-0.15, -0.1) is 0 Å². The van der Waals surface area contributed by atoms with Gasteiger partial charge in [-0.1, -0.05) is 18.2 Å². The number of nitrogens with zero attached hydrogens (tertiary/aromatic N) is 3. The van der Waals surface area contributed by atoms with Crippen molar-refractivity contribution < 1.29 is 4.79 Å². The van der Waals surface area contributed by atoms with E-state index in [0.717, 1.165) is 64.5 Å². The summed E-state index contributed by atoms with van der Waals surface area (Å²) in [4.78, 5) is 21.1. The van der Waals surface area contributed by atoms with Crippen molar-refractivity contribution in [3.8, 4) is 0 Å². The number of rotatable bonds is 10. The fourth-order valence-corrected chi connectivity index (χ4v) is 3.32. The lowest BCUT2D eigenvalue weighted by Crippen LogP contribution is -2.40. The Morgan fingerprint density at radius 3 is 2.56 bits per heavy atom. The molecule has 1 aromatic rings. The van der Waals surface area contributed by atoms with Crippen LogP contribution in [0.5, 0.6) is 0 Å². The molecule has 1 aromatic carbocycles. The van der Waals surface area contributed by atoms with E-state index in [1.54, 1.807) is 0 Å². The number of aliphatic imine (C=N–C) groups is 1. The van der Waals surface area contributed by atoms with Crippen LogP contribution in [-0.2, 0) is 4.79 Å². The third kappa shape index (κ3) is 7.49. The average molecular weight is 374 g/mol. The van der Waals surface area contributed by atoms with E-state index in [-0.39, 0.29) is 5.91 Å². The van der Waals surface area contributed by atoms with E-state index in [9.17, 15) is 4.79 Å². The third-order valence-electron chi connectivity index (χ3n) is 4.79. The summed E-state index contributed by atoms with van der Waals surface area (Å²) in [6.07, 6.45) is 3.80. The summed E-state index contributed by atoms with van der Waals surface area (Å²) in [6.45, 7) is 10.3. The SMILES string of the molecule is CCNC(=NCCCN(CC)c1ccccc1)NCCC(=O)N1CCCC1. The molecule has 0 saturated carbocycles. The standard InChI is InChI=1S/C21H35N5O/c1-3-22-21(24-15-13-20(27)26-16-8-9-17-26)23-14-10-18-25(4-2)19-11-6-5-7-12-19/h5-7,11-12H,3-4,8-10,13-18H2,1-2H3,(H2,22,23,24). The van der Waals surface area contributed by atoms with E-state index >= 15 is 0 Å². The number of likely N-dealkylation sites (tertiary alicyclic amines) is 1. The largest absolute Gasteiger partial charge is 0.372 e.